The lowest BCUT2D eigenvalue weighted by Gasteiger charge is -2.27. The number of aromatic nitrogens is 3. The van der Waals surface area contributed by atoms with E-state index >= 15 is 4.39 Å². The highest BCUT2D eigenvalue weighted by atomic mass is 19.1. The Morgan fingerprint density at radius 2 is 1.75 bits per heavy atom. The van der Waals surface area contributed by atoms with Crippen LogP contribution in [-0.4, -0.2) is 69.9 Å². The second-order valence-electron chi connectivity index (χ2n) is 12.5. The average molecular weight is 659 g/mol. The molecule has 1 unspecified atom stereocenters. The number of methoxy groups -OCH3 is 1. The van der Waals surface area contributed by atoms with Gasteiger partial charge in [0.1, 0.15) is 23.3 Å². The molecule has 252 valence electrons. The maximum Gasteiger partial charge on any atom is 0.414 e. The van der Waals surface area contributed by atoms with Crippen LogP contribution in [0.5, 0.6) is 5.75 Å². The zero-order valence-electron chi connectivity index (χ0n) is 27.6. The molecule has 0 aliphatic carbocycles. The average Bonchev–Trinajstić information content (AvgIpc) is 3.64. The lowest BCUT2D eigenvalue weighted by Crippen LogP contribution is -2.36. The topological polar surface area (TPSA) is 128 Å². The Hall–Kier alpha value is -5.46. The Morgan fingerprint density at radius 3 is 2.40 bits per heavy atom. The SMILES string of the molecule is COc1ccc(Cn2nncc2CN(Cc2ccc(-c3ccc(N4CC(CNC(C)=O)OC4=O)cc3F)cc2)C(=O)OC(C)(C)C)cc1. The van der Waals surface area contributed by atoms with E-state index in [9.17, 15) is 14.4 Å². The molecule has 0 spiro atoms. The van der Waals surface area contributed by atoms with Crippen LogP contribution in [0.2, 0.25) is 0 Å². The summed E-state index contributed by atoms with van der Waals surface area (Å²) in [6.07, 6.45) is 0.00453. The number of amides is 3. The molecule has 12 nitrogen and oxygen atoms in total. The van der Waals surface area contributed by atoms with Gasteiger partial charge < -0.3 is 19.5 Å². The molecular formula is C35H39FN6O6. The molecule has 1 fully saturated rings. The van der Waals surface area contributed by atoms with Crippen LogP contribution in [0.15, 0.2) is 72.9 Å². The summed E-state index contributed by atoms with van der Waals surface area (Å²) in [6.45, 7) is 8.06. The molecule has 1 aromatic heterocycles. The van der Waals surface area contributed by atoms with Crippen LogP contribution in [-0.2, 0) is 33.9 Å². The van der Waals surface area contributed by atoms with Crippen molar-refractivity contribution in [1.29, 1.82) is 0 Å². The van der Waals surface area contributed by atoms with Crippen molar-refractivity contribution in [2.75, 3.05) is 25.1 Å². The van der Waals surface area contributed by atoms with Gasteiger partial charge in [-0.25, -0.2) is 18.7 Å². The van der Waals surface area contributed by atoms with Crippen LogP contribution in [0.1, 0.15) is 44.5 Å². The van der Waals surface area contributed by atoms with Gasteiger partial charge >= 0.3 is 12.2 Å². The van der Waals surface area contributed by atoms with Gasteiger partial charge in [0, 0.05) is 19.0 Å². The van der Waals surface area contributed by atoms with Crippen molar-refractivity contribution in [2.45, 2.75) is 59.0 Å². The molecule has 0 saturated carbocycles. The van der Waals surface area contributed by atoms with Crippen LogP contribution in [0, 0.1) is 5.82 Å². The predicted octanol–water partition coefficient (Wildman–Crippen LogP) is 5.54. The fraction of sp³-hybridized carbons (Fsp3) is 0.343. The molecule has 1 aliphatic rings. The summed E-state index contributed by atoms with van der Waals surface area (Å²) in [5.41, 5.74) is 3.15. The minimum atomic E-state index is -0.706. The molecular weight excluding hydrogens is 619 g/mol. The Morgan fingerprint density at radius 1 is 1.04 bits per heavy atom. The summed E-state index contributed by atoms with van der Waals surface area (Å²) < 4.78 is 33.4. The number of anilines is 1. The molecule has 1 saturated heterocycles. The number of halogens is 1. The van der Waals surface area contributed by atoms with Gasteiger partial charge in [-0.05, 0) is 67.8 Å². The van der Waals surface area contributed by atoms with Gasteiger partial charge in [0.2, 0.25) is 5.91 Å². The quantitative estimate of drug-likeness (QED) is 0.223. The van der Waals surface area contributed by atoms with Gasteiger partial charge in [0.05, 0.1) is 50.9 Å². The third-order valence-electron chi connectivity index (χ3n) is 7.55. The summed E-state index contributed by atoms with van der Waals surface area (Å²) in [7, 11) is 1.61. The second-order valence-corrected chi connectivity index (χ2v) is 12.5. The number of benzene rings is 3. The minimum Gasteiger partial charge on any atom is -0.497 e. The zero-order chi connectivity index (χ0) is 34.4. The normalized spacial score (nSPS) is 14.4. The molecule has 1 aliphatic heterocycles. The molecule has 48 heavy (non-hydrogen) atoms. The van der Waals surface area contributed by atoms with Gasteiger partial charge in [0.25, 0.3) is 0 Å². The maximum atomic E-state index is 15.4. The number of hydrogen-bond donors (Lipinski definition) is 1. The molecule has 5 rings (SSSR count). The van der Waals surface area contributed by atoms with E-state index in [-0.39, 0.29) is 32.1 Å². The highest BCUT2D eigenvalue weighted by molar-refractivity contribution is 5.90. The van der Waals surface area contributed by atoms with Crippen molar-refractivity contribution < 1.29 is 33.0 Å². The first kappa shape index (κ1) is 33.9. The molecule has 4 aromatic rings. The van der Waals surface area contributed by atoms with Crippen LogP contribution >= 0.6 is 0 Å². The summed E-state index contributed by atoms with van der Waals surface area (Å²) in [5, 5.41) is 10.9. The van der Waals surface area contributed by atoms with Crippen molar-refractivity contribution in [3.05, 3.63) is 95.6 Å². The van der Waals surface area contributed by atoms with E-state index in [4.69, 9.17) is 14.2 Å². The van der Waals surface area contributed by atoms with Crippen molar-refractivity contribution in [3.8, 4) is 16.9 Å². The second kappa shape index (κ2) is 14.5. The van der Waals surface area contributed by atoms with Crippen LogP contribution < -0.4 is 15.0 Å². The highest BCUT2D eigenvalue weighted by Gasteiger charge is 2.33. The summed E-state index contributed by atoms with van der Waals surface area (Å²) in [4.78, 5) is 39.9. The monoisotopic (exact) mass is 658 g/mol. The molecule has 13 heteroatoms. The van der Waals surface area contributed by atoms with Crippen molar-refractivity contribution in [2.24, 2.45) is 0 Å². The third-order valence-corrected chi connectivity index (χ3v) is 7.55. The number of ether oxygens (including phenoxy) is 3. The van der Waals surface area contributed by atoms with E-state index in [0.717, 1.165) is 22.6 Å². The van der Waals surface area contributed by atoms with Crippen molar-refractivity contribution in [1.82, 2.24) is 25.2 Å². The van der Waals surface area contributed by atoms with Gasteiger partial charge in [-0.3, -0.25) is 14.6 Å². The lowest BCUT2D eigenvalue weighted by molar-refractivity contribution is -0.119. The van der Waals surface area contributed by atoms with Gasteiger partial charge in [0.15, 0.2) is 0 Å². The summed E-state index contributed by atoms with van der Waals surface area (Å²) in [5.74, 6) is 0.0164. The number of cyclic esters (lactones) is 1. The molecule has 3 aromatic carbocycles. The lowest BCUT2D eigenvalue weighted by atomic mass is 10.0. The summed E-state index contributed by atoms with van der Waals surface area (Å²) >= 11 is 0. The molecule has 3 amide bonds. The van der Waals surface area contributed by atoms with Crippen LogP contribution in [0.4, 0.5) is 19.7 Å². The molecule has 0 radical (unpaired) electrons. The van der Waals surface area contributed by atoms with E-state index in [1.54, 1.807) is 47.2 Å². The highest BCUT2D eigenvalue weighted by Crippen LogP contribution is 2.30. The molecule has 2 heterocycles. The standard InChI is InChI=1S/C35H39FN6O6/c1-23(43)37-18-30-22-41(34(45)47-30)27-12-15-31(32(36)16-27)26-10-6-24(7-11-26)19-40(33(44)48-35(2,3)4)21-28-17-38-39-42(28)20-25-8-13-29(46-5)14-9-25/h6-17,30H,18-22H2,1-5H3,(H,37,43). The summed E-state index contributed by atoms with van der Waals surface area (Å²) in [6, 6.07) is 19.4. The number of carbonyl (C=O) groups excluding carboxylic acids is 3. The third kappa shape index (κ3) is 8.66. The van der Waals surface area contributed by atoms with Crippen molar-refractivity contribution in [3.63, 3.8) is 0 Å². The fourth-order valence-corrected chi connectivity index (χ4v) is 5.16. The van der Waals surface area contributed by atoms with Gasteiger partial charge in [-0.1, -0.05) is 41.6 Å². The molecule has 1 atom stereocenters. The smallest absolute Gasteiger partial charge is 0.414 e. The first-order valence-electron chi connectivity index (χ1n) is 15.5. The van der Waals surface area contributed by atoms with Gasteiger partial charge in [-0.15, -0.1) is 5.10 Å². The number of nitrogens with zero attached hydrogens (tertiary/aromatic N) is 5. The zero-order valence-corrected chi connectivity index (χ0v) is 27.6. The van der Waals surface area contributed by atoms with E-state index in [1.165, 1.54) is 17.9 Å². The molecule has 0 bridgehead atoms. The number of carbonyl (C=O) groups is 3. The number of hydrogen-bond acceptors (Lipinski definition) is 8. The Bertz CT molecular complexity index is 1750. The van der Waals surface area contributed by atoms with E-state index in [1.807, 2.05) is 57.2 Å². The Kier molecular flexibility index (Phi) is 10.3. The van der Waals surface area contributed by atoms with Crippen LogP contribution in [0.25, 0.3) is 11.1 Å². The molecule has 1 N–H and O–H groups in total. The number of nitrogens with one attached hydrogen (secondary N) is 1. The van der Waals surface area contributed by atoms with Crippen molar-refractivity contribution >= 4 is 23.8 Å². The Balaban J connectivity index is 1.29. The van der Waals surface area contributed by atoms with E-state index in [2.05, 4.69) is 15.6 Å². The number of rotatable bonds is 11. The van der Waals surface area contributed by atoms with E-state index in [0.29, 0.717) is 23.4 Å². The predicted molar refractivity (Wildman–Crippen MR) is 176 cm³/mol. The minimum absolute atomic E-state index is 0.181. The fourth-order valence-electron chi connectivity index (χ4n) is 5.16. The first-order valence-corrected chi connectivity index (χ1v) is 15.5. The maximum absolute atomic E-state index is 15.4. The largest absolute Gasteiger partial charge is 0.497 e. The van der Waals surface area contributed by atoms with E-state index < -0.39 is 29.7 Å². The first-order chi connectivity index (χ1) is 22.9. The van der Waals surface area contributed by atoms with Crippen LogP contribution in [0.3, 0.4) is 0 Å². The Labute approximate surface area is 278 Å². The van der Waals surface area contributed by atoms with Gasteiger partial charge in [-0.2, -0.15) is 0 Å².